The van der Waals surface area contributed by atoms with Gasteiger partial charge in [0.15, 0.2) is 11.2 Å². The first kappa shape index (κ1) is 12.9. The monoisotopic (exact) mass is 289 g/mol. The summed E-state index contributed by atoms with van der Waals surface area (Å²) in [5, 5.41) is 2.44. The number of hydrogen-bond donors (Lipinski definition) is 1. The summed E-state index contributed by atoms with van der Waals surface area (Å²) in [6.45, 7) is 4.33. The number of nitrogens with two attached hydrogens (primary N) is 1. The Kier molecular flexibility index (Phi) is 3.10. The number of hydrogen-bond acceptors (Lipinski definition) is 5. The Morgan fingerprint density at radius 1 is 1.50 bits per heavy atom. The summed E-state index contributed by atoms with van der Waals surface area (Å²) < 4.78 is 5.64. The van der Waals surface area contributed by atoms with Crippen LogP contribution in [-0.4, -0.2) is 23.5 Å². The minimum atomic E-state index is -0.441. The van der Waals surface area contributed by atoms with Gasteiger partial charge in [-0.2, -0.15) is 0 Å². The van der Waals surface area contributed by atoms with E-state index in [2.05, 4.69) is 4.98 Å². The molecule has 0 saturated carbocycles. The third kappa shape index (κ3) is 2.02. The third-order valence-electron chi connectivity index (χ3n) is 3.30. The van der Waals surface area contributed by atoms with E-state index in [4.69, 9.17) is 10.5 Å². The fraction of sp³-hybridized carbons (Fsp3) is 0.286. The lowest BCUT2D eigenvalue weighted by Gasteiger charge is -2.32. The Bertz CT molecular complexity index is 668. The molecule has 0 radical (unpaired) electrons. The maximum absolute atomic E-state index is 12.1. The largest absolute Gasteiger partial charge is 0.479 e. The molecule has 20 heavy (non-hydrogen) atoms. The highest BCUT2D eigenvalue weighted by molar-refractivity contribution is 7.13. The lowest BCUT2D eigenvalue weighted by Crippen LogP contribution is -2.44. The van der Waals surface area contributed by atoms with Crippen molar-refractivity contribution in [1.29, 1.82) is 0 Å². The Balaban J connectivity index is 2.07. The number of carbonyl (C=O) groups excluding carboxylic acids is 1. The molecule has 2 heterocycles. The van der Waals surface area contributed by atoms with E-state index in [9.17, 15) is 4.79 Å². The van der Waals surface area contributed by atoms with Crippen molar-refractivity contribution < 1.29 is 9.53 Å². The van der Waals surface area contributed by atoms with Gasteiger partial charge in [0.25, 0.3) is 5.91 Å². The summed E-state index contributed by atoms with van der Waals surface area (Å²) in [7, 11) is 0. The molecule has 1 aliphatic rings. The van der Waals surface area contributed by atoms with E-state index in [1.54, 1.807) is 11.8 Å². The molecular weight excluding hydrogens is 274 g/mol. The third-order valence-corrected chi connectivity index (χ3v) is 3.98. The number of benzene rings is 1. The van der Waals surface area contributed by atoms with Crippen LogP contribution in [0.25, 0.3) is 11.3 Å². The van der Waals surface area contributed by atoms with Gasteiger partial charge in [-0.1, -0.05) is 0 Å². The molecule has 2 N–H and O–H groups in total. The van der Waals surface area contributed by atoms with Crippen molar-refractivity contribution in [2.75, 3.05) is 17.2 Å². The topological polar surface area (TPSA) is 68.5 Å². The van der Waals surface area contributed by atoms with Crippen LogP contribution >= 0.6 is 11.3 Å². The number of aromatic nitrogens is 1. The Hall–Kier alpha value is -2.08. The molecule has 0 aliphatic carbocycles. The van der Waals surface area contributed by atoms with E-state index < -0.39 is 6.10 Å². The molecule has 0 fully saturated rings. The number of amides is 1. The number of nitrogen functional groups attached to an aromatic ring is 1. The molecule has 2 aromatic rings. The van der Waals surface area contributed by atoms with E-state index >= 15 is 0 Å². The standard InChI is InChI=1S/C14H15N3O2S/c1-3-17-11-6-9(10-7-20-14(15)16-10)4-5-12(11)19-8(2)13(17)18/h4-8H,3H2,1-2H3,(H2,15,16). The van der Waals surface area contributed by atoms with Crippen LogP contribution in [0, 0.1) is 0 Å². The first-order chi connectivity index (χ1) is 9.60. The van der Waals surface area contributed by atoms with Crippen LogP contribution in [-0.2, 0) is 4.79 Å². The Labute approximate surface area is 121 Å². The van der Waals surface area contributed by atoms with Crippen molar-refractivity contribution in [2.24, 2.45) is 0 Å². The van der Waals surface area contributed by atoms with Gasteiger partial charge in [-0.15, -0.1) is 11.3 Å². The second kappa shape index (κ2) is 4.79. The summed E-state index contributed by atoms with van der Waals surface area (Å²) >= 11 is 1.40. The lowest BCUT2D eigenvalue weighted by molar-refractivity contribution is -0.125. The number of ether oxygens (including phenoxy) is 1. The predicted octanol–water partition coefficient (Wildman–Crippen LogP) is 2.53. The fourth-order valence-corrected chi connectivity index (χ4v) is 2.88. The molecule has 3 rings (SSSR count). The molecule has 1 aromatic carbocycles. The Morgan fingerprint density at radius 3 is 2.95 bits per heavy atom. The van der Waals surface area contributed by atoms with Crippen molar-refractivity contribution in [3.63, 3.8) is 0 Å². The second-order valence-electron chi connectivity index (χ2n) is 4.60. The number of thiazole rings is 1. The van der Waals surface area contributed by atoms with E-state index in [1.807, 2.05) is 30.5 Å². The molecule has 0 saturated heterocycles. The van der Waals surface area contributed by atoms with Crippen molar-refractivity contribution >= 4 is 28.1 Å². The Morgan fingerprint density at radius 2 is 2.30 bits per heavy atom. The molecule has 1 aliphatic heterocycles. The highest BCUT2D eigenvalue weighted by Crippen LogP contribution is 2.37. The SMILES string of the molecule is CCN1C(=O)C(C)Oc2ccc(-c3csc(N)n3)cc21. The molecule has 1 amide bonds. The van der Waals surface area contributed by atoms with Crippen LogP contribution in [0.15, 0.2) is 23.6 Å². The first-order valence-electron chi connectivity index (χ1n) is 6.43. The van der Waals surface area contributed by atoms with Crippen molar-refractivity contribution in [1.82, 2.24) is 4.98 Å². The van der Waals surface area contributed by atoms with Crippen molar-refractivity contribution in [3.8, 4) is 17.0 Å². The summed E-state index contributed by atoms with van der Waals surface area (Å²) in [6.07, 6.45) is -0.441. The van der Waals surface area contributed by atoms with E-state index in [1.165, 1.54) is 11.3 Å². The van der Waals surface area contributed by atoms with Gasteiger partial charge in [-0.05, 0) is 32.0 Å². The number of nitrogens with zero attached hydrogens (tertiary/aromatic N) is 2. The minimum absolute atomic E-state index is 0.0186. The van der Waals surface area contributed by atoms with Crippen LogP contribution in [0.3, 0.4) is 0 Å². The van der Waals surface area contributed by atoms with E-state index in [0.29, 0.717) is 11.7 Å². The lowest BCUT2D eigenvalue weighted by atomic mass is 10.1. The average molecular weight is 289 g/mol. The zero-order valence-electron chi connectivity index (χ0n) is 11.3. The minimum Gasteiger partial charge on any atom is -0.479 e. The van der Waals surface area contributed by atoms with Gasteiger partial charge < -0.3 is 15.4 Å². The number of fused-ring (bicyclic) bond motifs is 1. The molecule has 5 nitrogen and oxygen atoms in total. The van der Waals surface area contributed by atoms with Crippen LogP contribution in [0.2, 0.25) is 0 Å². The molecule has 1 unspecified atom stereocenters. The van der Waals surface area contributed by atoms with Gasteiger partial charge in [0.1, 0.15) is 5.75 Å². The molecule has 1 aromatic heterocycles. The maximum Gasteiger partial charge on any atom is 0.267 e. The van der Waals surface area contributed by atoms with Gasteiger partial charge in [0.2, 0.25) is 0 Å². The number of anilines is 2. The average Bonchev–Trinajstić information content (AvgIpc) is 2.86. The number of likely N-dealkylation sites (N-methyl/N-ethyl adjacent to an activating group) is 1. The molecule has 1 atom stereocenters. The normalized spacial score (nSPS) is 17.8. The number of rotatable bonds is 2. The molecule has 104 valence electrons. The maximum atomic E-state index is 12.1. The molecule has 0 spiro atoms. The summed E-state index contributed by atoms with van der Waals surface area (Å²) in [6, 6.07) is 5.74. The van der Waals surface area contributed by atoms with Gasteiger partial charge in [-0.3, -0.25) is 4.79 Å². The smallest absolute Gasteiger partial charge is 0.267 e. The second-order valence-corrected chi connectivity index (χ2v) is 5.49. The van der Waals surface area contributed by atoms with E-state index in [-0.39, 0.29) is 5.91 Å². The van der Waals surface area contributed by atoms with Crippen LogP contribution in [0.4, 0.5) is 10.8 Å². The quantitative estimate of drug-likeness (QED) is 0.922. The van der Waals surface area contributed by atoms with E-state index in [0.717, 1.165) is 22.7 Å². The van der Waals surface area contributed by atoms with Crippen LogP contribution < -0.4 is 15.4 Å². The molecular formula is C14H15N3O2S. The first-order valence-corrected chi connectivity index (χ1v) is 7.31. The fourth-order valence-electron chi connectivity index (χ4n) is 2.31. The molecule has 0 bridgehead atoms. The summed E-state index contributed by atoms with van der Waals surface area (Å²) in [4.78, 5) is 18.1. The zero-order chi connectivity index (χ0) is 14.3. The number of carbonyl (C=O) groups is 1. The van der Waals surface area contributed by atoms with Gasteiger partial charge in [0, 0.05) is 17.5 Å². The van der Waals surface area contributed by atoms with Crippen LogP contribution in [0.5, 0.6) is 5.75 Å². The van der Waals surface area contributed by atoms with Gasteiger partial charge in [0.05, 0.1) is 11.4 Å². The highest BCUT2D eigenvalue weighted by Gasteiger charge is 2.30. The predicted molar refractivity (Wildman–Crippen MR) is 80.1 cm³/mol. The van der Waals surface area contributed by atoms with Gasteiger partial charge in [-0.25, -0.2) is 4.98 Å². The summed E-state index contributed by atoms with van der Waals surface area (Å²) in [5.41, 5.74) is 8.21. The summed E-state index contributed by atoms with van der Waals surface area (Å²) in [5.74, 6) is 0.709. The zero-order valence-corrected chi connectivity index (χ0v) is 12.1. The highest BCUT2D eigenvalue weighted by atomic mass is 32.1. The van der Waals surface area contributed by atoms with Crippen molar-refractivity contribution in [3.05, 3.63) is 23.6 Å². The van der Waals surface area contributed by atoms with Crippen LogP contribution in [0.1, 0.15) is 13.8 Å². The van der Waals surface area contributed by atoms with Gasteiger partial charge >= 0.3 is 0 Å². The molecule has 6 heteroatoms. The van der Waals surface area contributed by atoms with Crippen molar-refractivity contribution in [2.45, 2.75) is 20.0 Å².